The predicted octanol–water partition coefficient (Wildman–Crippen LogP) is -26.5. The van der Waals surface area contributed by atoms with Gasteiger partial charge in [0.25, 0.3) is 0 Å². The van der Waals surface area contributed by atoms with Crippen molar-refractivity contribution in [1.82, 2.24) is 0 Å². The molecule has 2 saturated heterocycles. The van der Waals surface area contributed by atoms with E-state index in [1.165, 1.54) is 0 Å². The summed E-state index contributed by atoms with van der Waals surface area (Å²) in [5.74, 6) is -3.99. The Kier molecular flexibility index (Phi) is 38.6. The molecule has 53 heavy (non-hydrogen) atoms. The second-order valence-corrected chi connectivity index (χ2v) is 14.6. The zero-order valence-corrected chi connectivity index (χ0v) is 51.2. The summed E-state index contributed by atoms with van der Waals surface area (Å²) in [6.45, 7) is -5.71. The average molecular weight is 1050 g/mol. The van der Waals surface area contributed by atoms with Crippen LogP contribution in [0, 0.1) is 0 Å². The first-order chi connectivity index (χ1) is 20.8. The Morgan fingerprint density at radius 3 is 1.32 bits per heavy atom. The van der Waals surface area contributed by atoms with Crippen LogP contribution in [0.1, 0.15) is 0 Å². The van der Waals surface area contributed by atoms with Gasteiger partial charge in [0.15, 0.2) is 18.5 Å². The normalized spacial score (nSPS) is 29.4. The van der Waals surface area contributed by atoms with E-state index in [0.717, 1.165) is 0 Å². The molecular formula is C12H16K6O29S6. The summed E-state index contributed by atoms with van der Waals surface area (Å²) < 4.78 is 242. The van der Waals surface area contributed by atoms with Crippen LogP contribution in [0.5, 0.6) is 0 Å². The van der Waals surface area contributed by atoms with Crippen LogP contribution in [0.15, 0.2) is 0 Å². The molecule has 0 unspecified atom stereocenters. The van der Waals surface area contributed by atoms with Crippen LogP contribution in [-0.4, -0.2) is 163 Å². The molecule has 2 aliphatic heterocycles. The number of rotatable bonds is 17. The van der Waals surface area contributed by atoms with Gasteiger partial charge in [0.05, 0.1) is 13.2 Å². The summed E-state index contributed by atoms with van der Waals surface area (Å²) in [5, 5.41) is 19.8. The monoisotopic (exact) mass is 1050 g/mol. The summed E-state index contributed by atoms with van der Waals surface area (Å²) in [7, 11) is -36.9. The third-order valence-electron chi connectivity index (χ3n) is 5.25. The molecule has 0 radical (unpaired) electrons. The number of aliphatic hydroxyl groups is 2. The van der Waals surface area contributed by atoms with Crippen LogP contribution in [0.4, 0.5) is 0 Å². The average Bonchev–Trinajstić information content (AvgIpc) is 3.08. The molecule has 29 nitrogen and oxygen atoms in total. The maximum atomic E-state index is 11.6. The molecule has 0 bridgehead atoms. The molecule has 2 N–H and O–H groups in total. The van der Waals surface area contributed by atoms with E-state index in [0.29, 0.717) is 0 Å². The van der Waals surface area contributed by atoms with Gasteiger partial charge in [0.1, 0.15) is 37.1 Å². The molecule has 41 heteroatoms. The number of hydrogen-bond acceptors (Lipinski definition) is 29. The smallest absolute Gasteiger partial charge is 0.726 e. The van der Waals surface area contributed by atoms with Gasteiger partial charge in [-0.25, -0.2) is 50.5 Å². The molecular weight excluding hydrogens is 1040 g/mol. The van der Waals surface area contributed by atoms with Gasteiger partial charge in [-0.2, -0.15) is 0 Å². The first-order valence-electron chi connectivity index (χ1n) is 10.9. The van der Waals surface area contributed by atoms with Gasteiger partial charge >= 0.3 is 308 Å². The zero-order chi connectivity index (χ0) is 36.6. The molecule has 2 heterocycles. The number of ether oxygens (including phenoxy) is 3. The van der Waals surface area contributed by atoms with Gasteiger partial charge in [-0.05, 0) is 0 Å². The third-order valence-corrected chi connectivity index (χ3v) is 7.90. The molecule has 2 aliphatic rings. The van der Waals surface area contributed by atoms with Crippen molar-refractivity contribution in [1.29, 1.82) is 0 Å². The van der Waals surface area contributed by atoms with Gasteiger partial charge in [-0.15, -0.1) is 0 Å². The minimum atomic E-state index is -6.36. The van der Waals surface area contributed by atoms with Crippen molar-refractivity contribution >= 4 is 62.4 Å². The Balaban J connectivity index is -0.00000128. The van der Waals surface area contributed by atoms with E-state index in [1.807, 2.05) is 0 Å². The molecule has 280 valence electrons. The Morgan fingerprint density at radius 1 is 0.547 bits per heavy atom. The molecule has 0 spiro atoms. The Bertz CT molecular complexity index is 1790. The predicted molar refractivity (Wildman–Crippen MR) is 120 cm³/mol. The van der Waals surface area contributed by atoms with Crippen molar-refractivity contribution < 1.29 is 436 Å². The van der Waals surface area contributed by atoms with Crippen LogP contribution in [-0.2, 0) is 102 Å². The van der Waals surface area contributed by atoms with Crippen molar-refractivity contribution in [3.63, 3.8) is 0 Å². The first kappa shape index (κ1) is 70.8. The Morgan fingerprint density at radius 2 is 0.943 bits per heavy atom. The van der Waals surface area contributed by atoms with Crippen molar-refractivity contribution in [3.05, 3.63) is 0 Å². The minimum Gasteiger partial charge on any atom is -0.726 e. The number of aliphatic hydroxyl groups excluding tert-OH is 2. The van der Waals surface area contributed by atoms with Crippen molar-refractivity contribution in [2.75, 3.05) is 19.8 Å². The van der Waals surface area contributed by atoms with Crippen LogP contribution >= 0.6 is 0 Å². The maximum absolute atomic E-state index is 11.6. The van der Waals surface area contributed by atoms with Gasteiger partial charge in [0.2, 0.25) is 68.2 Å². The fraction of sp³-hybridized carbons (Fsp3) is 1.00. The van der Waals surface area contributed by atoms with Crippen LogP contribution in [0.2, 0.25) is 0 Å². The van der Waals surface area contributed by atoms with Crippen molar-refractivity contribution in [2.45, 2.75) is 54.8 Å². The van der Waals surface area contributed by atoms with E-state index >= 15 is 0 Å². The standard InChI is InChI=1S/C12H22O29S6.6K/c13-1-4-6(14)8(39-45(24,25)26)9(40-46(27,28)29)11(35-4)37-12(3-34-43(18,19)20)10(41-47(30,31)32)7(38-44(21,22)23)5(36-12)2-33-42(15,16)17;;;;;;/h4-11,13-14H,1-3H2,(H,15,16,17)(H,18,19,20)(H,21,22,23)(H,24,25,26)(H,27,28,29)(H,30,31,32);;;;;;/q;6*+1/p-6/t4-,5-,6-,7-,8+,9-,10+,11-,12+;;;;;;/m1....../s1. The Labute approximate surface area is 557 Å². The molecule has 0 aromatic rings. The van der Waals surface area contributed by atoms with E-state index in [1.54, 1.807) is 0 Å². The maximum Gasteiger partial charge on any atom is 1.00 e. The molecule has 2 fully saturated rings. The van der Waals surface area contributed by atoms with Gasteiger partial charge < -0.3 is 51.7 Å². The second-order valence-electron chi connectivity index (χ2n) is 8.50. The molecule has 9 atom stereocenters. The largest absolute Gasteiger partial charge is 1.00 e. The van der Waals surface area contributed by atoms with E-state index < -0.39 is 137 Å². The van der Waals surface area contributed by atoms with E-state index in [2.05, 4.69) is 25.1 Å². The second kappa shape index (κ2) is 28.9. The van der Waals surface area contributed by atoms with Crippen LogP contribution in [0.3, 0.4) is 0 Å². The van der Waals surface area contributed by atoms with E-state index in [4.69, 9.17) is 14.2 Å². The summed E-state index contributed by atoms with van der Waals surface area (Å²) in [4.78, 5) is 0. The quantitative estimate of drug-likeness (QED) is 0.0776. The van der Waals surface area contributed by atoms with Gasteiger partial charge in [0, 0.05) is 0 Å². The molecule has 2 rings (SSSR count). The van der Waals surface area contributed by atoms with Crippen LogP contribution < -0.4 is 308 Å². The number of hydrogen-bond donors (Lipinski definition) is 2. The molecule has 0 saturated carbocycles. The summed E-state index contributed by atoms with van der Waals surface area (Å²) in [6.07, 6.45) is -23.8. The summed E-state index contributed by atoms with van der Waals surface area (Å²) >= 11 is 0. The fourth-order valence-corrected chi connectivity index (χ4v) is 6.42. The Hall–Kier alpha value is 8.84. The first-order valence-corrected chi connectivity index (χ1v) is 18.9. The molecule has 0 aliphatic carbocycles. The third kappa shape index (κ3) is 27.3. The topological polar surface area (TPSA) is 467 Å². The van der Waals surface area contributed by atoms with E-state index in [9.17, 15) is 88.0 Å². The molecule has 0 aromatic heterocycles. The van der Waals surface area contributed by atoms with Gasteiger partial charge in [-0.3, -0.25) is 25.1 Å². The van der Waals surface area contributed by atoms with Crippen molar-refractivity contribution in [3.8, 4) is 0 Å². The molecule has 0 amide bonds. The van der Waals surface area contributed by atoms with Gasteiger partial charge in [-0.1, -0.05) is 0 Å². The summed E-state index contributed by atoms with van der Waals surface area (Å²) in [6, 6.07) is 0. The minimum absolute atomic E-state index is 0. The SMILES string of the molecule is O=S(=O)([O-])OC[C@H]1O[C@@](COS(=O)(=O)[O-])(O[C@H]2O[C@H](CO)[C@@H](O)[C@H](OS(=O)(=O)[O-])[C@H]2OS(=O)(=O)[O-])[C@@H](OS(=O)(=O)[O-])[C@@H]1OS(=O)(=O)[O-].[K+].[K+].[K+].[K+].[K+].[K+]. The van der Waals surface area contributed by atoms with E-state index in [-0.39, 0.29) is 308 Å². The zero-order valence-electron chi connectivity index (χ0n) is 27.6. The summed E-state index contributed by atoms with van der Waals surface area (Å²) in [5.41, 5.74) is 0. The van der Waals surface area contributed by atoms with Crippen LogP contribution in [0.25, 0.3) is 0 Å². The van der Waals surface area contributed by atoms with Crippen molar-refractivity contribution in [2.24, 2.45) is 0 Å². The fourth-order valence-electron chi connectivity index (χ4n) is 3.84. The molecule has 0 aromatic carbocycles.